The number of carbonyl (C=O) groups is 3. The summed E-state index contributed by atoms with van der Waals surface area (Å²) in [6, 6.07) is 4.04. The Morgan fingerprint density at radius 1 is 1.19 bits per heavy atom. The van der Waals surface area contributed by atoms with Crippen molar-refractivity contribution in [2.24, 2.45) is 11.8 Å². The van der Waals surface area contributed by atoms with Gasteiger partial charge < -0.3 is 20.6 Å². The van der Waals surface area contributed by atoms with Gasteiger partial charge in [-0.2, -0.15) is 13.2 Å². The number of nitrogens with one attached hydrogen (secondary N) is 2. The zero-order valence-corrected chi connectivity index (χ0v) is 20.1. The Bertz CT molecular complexity index is 1180. The second-order valence-corrected chi connectivity index (χ2v) is 10.1. The van der Waals surface area contributed by atoms with Crippen LogP contribution in [0.3, 0.4) is 0 Å². The van der Waals surface area contributed by atoms with Crippen molar-refractivity contribution in [1.29, 1.82) is 5.41 Å². The predicted octanol–water partition coefficient (Wildman–Crippen LogP) is 5.75. The van der Waals surface area contributed by atoms with E-state index < -0.39 is 35.3 Å². The summed E-state index contributed by atoms with van der Waals surface area (Å²) in [4.78, 5) is 36.1. The number of amides is 1. The minimum Gasteiger partial charge on any atom is -0.481 e. The molecule has 0 radical (unpaired) electrons. The number of carboxylic acids is 1. The number of carbonyl (C=O) groups excluding carboxylic acids is 2. The van der Waals surface area contributed by atoms with Gasteiger partial charge in [0.25, 0.3) is 5.91 Å². The molecule has 6 nitrogen and oxygen atoms in total. The molecule has 0 aliphatic heterocycles. The molecule has 3 aliphatic rings. The molecule has 192 valence electrons. The molecule has 1 saturated carbocycles. The minimum absolute atomic E-state index is 0.102. The van der Waals surface area contributed by atoms with Crippen molar-refractivity contribution in [3.05, 3.63) is 57.3 Å². The number of aliphatic carboxylic acids is 1. The second kappa shape index (κ2) is 9.84. The lowest BCUT2D eigenvalue weighted by Gasteiger charge is -2.28. The molecule has 0 aromatic heterocycles. The fraction of sp³-hybridized carbons (Fsp3) is 0.462. The van der Waals surface area contributed by atoms with Gasteiger partial charge in [-0.05, 0) is 74.1 Å². The average molecular weight is 523 g/mol. The van der Waals surface area contributed by atoms with Gasteiger partial charge in [0, 0.05) is 11.6 Å². The molecule has 0 saturated heterocycles. The molecular weight excluding hydrogens is 497 g/mol. The summed E-state index contributed by atoms with van der Waals surface area (Å²) < 4.78 is 41.6. The molecule has 1 amide bonds. The summed E-state index contributed by atoms with van der Waals surface area (Å²) in [6.45, 7) is 0. The highest BCUT2D eigenvalue weighted by molar-refractivity contribution is 6.34. The quantitative estimate of drug-likeness (QED) is 0.313. The van der Waals surface area contributed by atoms with Gasteiger partial charge in [-0.3, -0.25) is 9.59 Å². The average Bonchev–Trinajstić information content (AvgIpc) is 3.66. The number of hydrogen-bond acceptors (Lipinski definition) is 4. The summed E-state index contributed by atoms with van der Waals surface area (Å²) in [5.74, 6) is -2.60. The predicted molar refractivity (Wildman–Crippen MR) is 127 cm³/mol. The van der Waals surface area contributed by atoms with Crippen molar-refractivity contribution < 1.29 is 32.7 Å². The molecule has 2 unspecified atom stereocenters. The van der Waals surface area contributed by atoms with Crippen molar-refractivity contribution in [1.82, 2.24) is 5.32 Å². The maximum absolute atomic E-state index is 13.9. The third-order valence-corrected chi connectivity index (χ3v) is 7.80. The fourth-order valence-corrected chi connectivity index (χ4v) is 5.41. The van der Waals surface area contributed by atoms with Crippen LogP contribution in [0.2, 0.25) is 5.02 Å². The van der Waals surface area contributed by atoms with Gasteiger partial charge in [-0.1, -0.05) is 29.8 Å². The van der Waals surface area contributed by atoms with E-state index in [2.05, 4.69) is 5.32 Å². The highest BCUT2D eigenvalue weighted by atomic mass is 35.5. The molecule has 1 fully saturated rings. The Morgan fingerprint density at radius 3 is 2.47 bits per heavy atom. The summed E-state index contributed by atoms with van der Waals surface area (Å²) in [5.41, 5.74) is -0.890. The van der Waals surface area contributed by atoms with Gasteiger partial charge >= 0.3 is 12.1 Å². The number of aldehydes is 1. The first-order valence-electron chi connectivity index (χ1n) is 11.8. The fourth-order valence-electron chi connectivity index (χ4n) is 5.15. The van der Waals surface area contributed by atoms with E-state index in [1.165, 1.54) is 18.2 Å². The molecule has 1 aromatic rings. The number of rotatable bonds is 7. The number of benzene rings is 1. The lowest BCUT2D eigenvalue weighted by molar-refractivity contribution is -0.160. The van der Waals surface area contributed by atoms with Gasteiger partial charge in [0.1, 0.15) is 6.29 Å². The van der Waals surface area contributed by atoms with Crippen molar-refractivity contribution in [2.45, 2.75) is 63.0 Å². The van der Waals surface area contributed by atoms with Crippen molar-refractivity contribution in [3.8, 4) is 0 Å². The first kappa shape index (κ1) is 26.1. The maximum atomic E-state index is 13.9. The van der Waals surface area contributed by atoms with Crippen LogP contribution < -0.4 is 5.32 Å². The highest BCUT2D eigenvalue weighted by Crippen LogP contribution is 2.60. The number of carboxylic acid groups (broad SMARTS) is 1. The smallest absolute Gasteiger partial charge is 0.398 e. The van der Waals surface area contributed by atoms with Gasteiger partial charge in [0.05, 0.1) is 27.6 Å². The van der Waals surface area contributed by atoms with E-state index in [0.29, 0.717) is 48.9 Å². The molecule has 4 rings (SSSR count). The Labute approximate surface area is 211 Å². The van der Waals surface area contributed by atoms with Crippen LogP contribution in [0, 0.1) is 17.2 Å². The first-order valence-corrected chi connectivity index (χ1v) is 12.2. The summed E-state index contributed by atoms with van der Waals surface area (Å²) in [6.07, 6.45) is -0.290. The van der Waals surface area contributed by atoms with E-state index in [4.69, 9.17) is 17.0 Å². The molecule has 0 bridgehead atoms. The normalized spacial score (nSPS) is 23.5. The van der Waals surface area contributed by atoms with Gasteiger partial charge in [-0.15, -0.1) is 0 Å². The third kappa shape index (κ3) is 4.85. The molecule has 1 aromatic carbocycles. The van der Waals surface area contributed by atoms with Crippen molar-refractivity contribution in [3.63, 3.8) is 0 Å². The van der Waals surface area contributed by atoms with Gasteiger partial charge in [0.15, 0.2) is 0 Å². The zero-order valence-electron chi connectivity index (χ0n) is 19.4. The maximum Gasteiger partial charge on any atom is 0.398 e. The number of hydrogen-bond donors (Lipinski definition) is 3. The van der Waals surface area contributed by atoms with Crippen LogP contribution in [0.4, 0.5) is 13.2 Å². The highest BCUT2D eigenvalue weighted by Gasteiger charge is 2.65. The van der Waals surface area contributed by atoms with Crippen LogP contribution in [-0.4, -0.2) is 35.2 Å². The van der Waals surface area contributed by atoms with Crippen LogP contribution in [0.5, 0.6) is 0 Å². The van der Waals surface area contributed by atoms with E-state index >= 15 is 0 Å². The molecule has 0 heterocycles. The molecule has 36 heavy (non-hydrogen) atoms. The van der Waals surface area contributed by atoms with Crippen LogP contribution in [0.25, 0.3) is 0 Å². The van der Waals surface area contributed by atoms with Crippen LogP contribution >= 0.6 is 11.6 Å². The van der Waals surface area contributed by atoms with E-state index in [1.54, 1.807) is 6.08 Å². The topological polar surface area (TPSA) is 107 Å². The van der Waals surface area contributed by atoms with E-state index in [0.717, 1.165) is 6.29 Å². The molecule has 2 atom stereocenters. The monoisotopic (exact) mass is 522 g/mol. The number of alkyl halides is 3. The Balaban J connectivity index is 1.67. The Hall–Kier alpha value is -2.94. The lowest BCUT2D eigenvalue weighted by Crippen LogP contribution is -2.34. The summed E-state index contributed by atoms with van der Waals surface area (Å²) in [5, 5.41) is 20.6. The lowest BCUT2D eigenvalue weighted by atomic mass is 9.80. The van der Waals surface area contributed by atoms with E-state index in [9.17, 15) is 32.7 Å². The van der Waals surface area contributed by atoms with Crippen LogP contribution in [0.15, 0.2) is 41.1 Å². The third-order valence-electron chi connectivity index (χ3n) is 7.48. The second-order valence-electron chi connectivity index (χ2n) is 9.71. The Morgan fingerprint density at radius 2 is 1.92 bits per heavy atom. The largest absolute Gasteiger partial charge is 0.481 e. The standard InChI is InChI=1S/C26H26ClF3N2O4/c27-19-3-1-2-18(25(10-11-25)26(28,29)30)21(19)23(34)32-20-12-14(13-33)4-9-17(20)22(31)15-5-7-16(8-6-15)24(35)36/h1-3,5,13-14,16,31H,4,6-12H2,(H,32,34)(H,35,36). The van der Waals surface area contributed by atoms with E-state index in [-0.39, 0.29) is 41.1 Å². The summed E-state index contributed by atoms with van der Waals surface area (Å²) >= 11 is 6.24. The minimum atomic E-state index is -4.53. The summed E-state index contributed by atoms with van der Waals surface area (Å²) in [7, 11) is 0. The van der Waals surface area contributed by atoms with Crippen LogP contribution in [-0.2, 0) is 15.0 Å². The first-order chi connectivity index (χ1) is 17.0. The molecule has 3 N–H and O–H groups in total. The SMILES string of the molecule is N=C(C1=CCC(C(=O)O)CC1)C1=C(NC(=O)c2c(Cl)cccc2C2(C(F)(F)F)CC2)CC(C=O)CC1. The molecule has 10 heteroatoms. The van der Waals surface area contributed by atoms with Crippen molar-refractivity contribution >= 4 is 35.5 Å². The zero-order chi connectivity index (χ0) is 26.3. The molecule has 3 aliphatic carbocycles. The number of halogens is 4. The molecular formula is C26H26ClF3N2O4. The molecule has 0 spiro atoms. The van der Waals surface area contributed by atoms with E-state index in [1.807, 2.05) is 0 Å². The van der Waals surface area contributed by atoms with Gasteiger partial charge in [0.2, 0.25) is 0 Å². The number of allylic oxidation sites excluding steroid dienone is 4. The van der Waals surface area contributed by atoms with Gasteiger partial charge in [-0.25, -0.2) is 0 Å². The van der Waals surface area contributed by atoms with Crippen LogP contribution in [0.1, 0.15) is 67.3 Å². The van der Waals surface area contributed by atoms with Crippen molar-refractivity contribution in [2.75, 3.05) is 0 Å². The Kier molecular flexibility index (Phi) is 7.14.